The molecule has 0 fully saturated rings. The molecule has 3 heterocycles. The molecular weight excluding hydrogens is 250 g/mol. The lowest BCUT2D eigenvalue weighted by atomic mass is 10.3. The second kappa shape index (κ2) is 4.33. The molecule has 0 aliphatic heterocycles. The molecule has 3 aromatic heterocycles. The highest BCUT2D eigenvalue weighted by atomic mass is 16.5. The second-order valence-corrected chi connectivity index (χ2v) is 3.61. The summed E-state index contributed by atoms with van der Waals surface area (Å²) in [6, 6.07) is 1.36. The van der Waals surface area contributed by atoms with Crippen LogP contribution in [0.25, 0.3) is 5.65 Å². The third-order valence-electron chi connectivity index (χ3n) is 2.36. The lowest BCUT2D eigenvalue weighted by molar-refractivity contribution is 0.0696. The molecule has 19 heavy (non-hydrogen) atoms. The van der Waals surface area contributed by atoms with Crippen LogP contribution in [0.4, 0.5) is 0 Å². The van der Waals surface area contributed by atoms with Crippen LogP contribution in [0.5, 0.6) is 11.6 Å². The second-order valence-electron chi connectivity index (χ2n) is 3.61. The minimum Gasteiger partial charge on any atom is -0.478 e. The summed E-state index contributed by atoms with van der Waals surface area (Å²) in [5.41, 5.74) is 0.467. The molecule has 0 unspecified atom stereocenters. The summed E-state index contributed by atoms with van der Waals surface area (Å²) in [5, 5.41) is 16.5. The molecule has 8 heteroatoms. The summed E-state index contributed by atoms with van der Waals surface area (Å²) < 4.78 is 7.12. The fraction of sp³-hybridized carbons (Fsp3) is 0. The third kappa shape index (κ3) is 2.06. The lowest BCUT2D eigenvalue weighted by Crippen LogP contribution is -1.99. The van der Waals surface area contributed by atoms with Crippen LogP contribution in [0.15, 0.2) is 37.2 Å². The van der Waals surface area contributed by atoms with Crippen molar-refractivity contribution in [2.75, 3.05) is 0 Å². The fourth-order valence-corrected chi connectivity index (χ4v) is 1.51. The summed E-state index contributed by atoms with van der Waals surface area (Å²) in [5.74, 6) is -0.584. The Labute approximate surface area is 106 Å². The van der Waals surface area contributed by atoms with E-state index in [0.29, 0.717) is 5.65 Å². The normalized spacial score (nSPS) is 10.5. The van der Waals surface area contributed by atoms with Gasteiger partial charge in [0.2, 0.25) is 5.65 Å². The topological polar surface area (TPSA) is 102 Å². The van der Waals surface area contributed by atoms with E-state index in [-0.39, 0.29) is 17.2 Å². The van der Waals surface area contributed by atoms with Gasteiger partial charge < -0.3 is 9.84 Å². The third-order valence-corrected chi connectivity index (χ3v) is 2.36. The van der Waals surface area contributed by atoms with Gasteiger partial charge in [-0.1, -0.05) is 0 Å². The van der Waals surface area contributed by atoms with Gasteiger partial charge in [0.25, 0.3) is 5.88 Å². The average Bonchev–Trinajstić information content (AvgIpc) is 2.88. The predicted octanol–water partition coefficient (Wildman–Crippen LogP) is 1.01. The first-order valence-corrected chi connectivity index (χ1v) is 5.24. The van der Waals surface area contributed by atoms with Crippen LogP contribution in [0.2, 0.25) is 0 Å². The predicted molar refractivity (Wildman–Crippen MR) is 62.1 cm³/mol. The monoisotopic (exact) mass is 257 g/mol. The van der Waals surface area contributed by atoms with Gasteiger partial charge in [0.1, 0.15) is 12.1 Å². The first-order chi connectivity index (χ1) is 9.24. The number of pyridine rings is 1. The van der Waals surface area contributed by atoms with E-state index in [1.54, 1.807) is 10.6 Å². The summed E-state index contributed by atoms with van der Waals surface area (Å²) in [6.07, 6.45) is 7.35. The Balaban J connectivity index is 1.99. The molecular formula is C11H7N5O3. The van der Waals surface area contributed by atoms with Crippen LogP contribution < -0.4 is 4.74 Å². The molecule has 0 amide bonds. The van der Waals surface area contributed by atoms with Crippen molar-refractivity contribution in [1.82, 2.24) is 24.6 Å². The van der Waals surface area contributed by atoms with E-state index in [1.807, 2.05) is 0 Å². The Morgan fingerprint density at radius 3 is 3.11 bits per heavy atom. The zero-order valence-corrected chi connectivity index (χ0v) is 9.46. The van der Waals surface area contributed by atoms with Crippen molar-refractivity contribution >= 4 is 11.6 Å². The molecule has 0 aliphatic rings. The molecule has 0 spiro atoms. The maximum Gasteiger partial charge on any atom is 0.337 e. The standard InChI is InChI=1S/C11H7N5O3/c17-11(18)7-3-8(5-12-4-7)19-10-9-15-14-6-16(9)2-1-13-10/h1-6H,(H,17,18). The van der Waals surface area contributed by atoms with Gasteiger partial charge in [0.05, 0.1) is 11.8 Å². The number of aromatic carboxylic acids is 1. The molecule has 0 aromatic carbocycles. The number of nitrogens with zero attached hydrogens (tertiary/aromatic N) is 5. The number of carboxylic acid groups (broad SMARTS) is 1. The zero-order chi connectivity index (χ0) is 13.2. The number of ether oxygens (including phenoxy) is 1. The number of carboxylic acids is 1. The summed E-state index contributed by atoms with van der Waals surface area (Å²) in [4.78, 5) is 18.7. The van der Waals surface area contributed by atoms with Crippen LogP contribution >= 0.6 is 0 Å². The first kappa shape index (κ1) is 11.1. The van der Waals surface area contributed by atoms with Crippen molar-refractivity contribution in [2.24, 2.45) is 0 Å². The van der Waals surface area contributed by atoms with Crippen molar-refractivity contribution in [3.63, 3.8) is 0 Å². The van der Waals surface area contributed by atoms with Crippen LogP contribution in [0.3, 0.4) is 0 Å². The highest BCUT2D eigenvalue weighted by Gasteiger charge is 2.10. The Morgan fingerprint density at radius 1 is 1.37 bits per heavy atom. The Kier molecular flexibility index (Phi) is 2.53. The highest BCUT2D eigenvalue weighted by Crippen LogP contribution is 2.22. The van der Waals surface area contributed by atoms with Gasteiger partial charge in [0.15, 0.2) is 0 Å². The molecule has 0 saturated carbocycles. The van der Waals surface area contributed by atoms with Gasteiger partial charge in [0, 0.05) is 18.6 Å². The van der Waals surface area contributed by atoms with E-state index in [4.69, 9.17) is 9.84 Å². The van der Waals surface area contributed by atoms with Crippen molar-refractivity contribution in [1.29, 1.82) is 0 Å². The van der Waals surface area contributed by atoms with Crippen molar-refractivity contribution in [3.8, 4) is 11.6 Å². The maximum atomic E-state index is 10.8. The number of hydrogen-bond acceptors (Lipinski definition) is 6. The fourth-order valence-electron chi connectivity index (χ4n) is 1.51. The van der Waals surface area contributed by atoms with Crippen LogP contribution in [-0.2, 0) is 0 Å². The maximum absolute atomic E-state index is 10.8. The van der Waals surface area contributed by atoms with E-state index in [2.05, 4.69) is 20.2 Å². The van der Waals surface area contributed by atoms with Gasteiger partial charge in [-0.3, -0.25) is 9.38 Å². The van der Waals surface area contributed by atoms with E-state index >= 15 is 0 Å². The molecule has 3 aromatic rings. The summed E-state index contributed by atoms with van der Waals surface area (Å²) in [7, 11) is 0. The van der Waals surface area contributed by atoms with Gasteiger partial charge in [-0.15, -0.1) is 10.2 Å². The molecule has 0 bridgehead atoms. The summed E-state index contributed by atoms with van der Waals surface area (Å²) >= 11 is 0. The van der Waals surface area contributed by atoms with Crippen LogP contribution in [0, 0.1) is 0 Å². The first-order valence-electron chi connectivity index (χ1n) is 5.24. The highest BCUT2D eigenvalue weighted by molar-refractivity contribution is 5.87. The molecule has 94 valence electrons. The van der Waals surface area contributed by atoms with E-state index in [0.717, 1.165) is 0 Å². The molecule has 0 aliphatic carbocycles. The molecule has 0 atom stereocenters. The van der Waals surface area contributed by atoms with Crippen molar-refractivity contribution in [2.45, 2.75) is 0 Å². The summed E-state index contributed by atoms with van der Waals surface area (Å²) in [6.45, 7) is 0. The average molecular weight is 257 g/mol. The van der Waals surface area contributed by atoms with Gasteiger partial charge in [-0.2, -0.15) is 0 Å². The number of aromatic nitrogens is 5. The minimum atomic E-state index is -1.08. The Hall–Kier alpha value is -3.03. The molecule has 1 N–H and O–H groups in total. The Bertz CT molecular complexity index is 755. The van der Waals surface area contributed by atoms with E-state index in [9.17, 15) is 4.79 Å². The van der Waals surface area contributed by atoms with E-state index in [1.165, 1.54) is 31.0 Å². The Morgan fingerprint density at radius 2 is 2.26 bits per heavy atom. The molecule has 8 nitrogen and oxygen atoms in total. The zero-order valence-electron chi connectivity index (χ0n) is 9.46. The molecule has 3 rings (SSSR count). The lowest BCUT2D eigenvalue weighted by Gasteiger charge is -2.05. The number of hydrogen-bond donors (Lipinski definition) is 1. The number of carbonyl (C=O) groups is 1. The number of fused-ring (bicyclic) bond motifs is 1. The molecule has 0 saturated heterocycles. The van der Waals surface area contributed by atoms with Crippen LogP contribution in [0.1, 0.15) is 10.4 Å². The van der Waals surface area contributed by atoms with Crippen LogP contribution in [-0.4, -0.2) is 35.6 Å². The smallest absolute Gasteiger partial charge is 0.337 e. The van der Waals surface area contributed by atoms with Gasteiger partial charge in [-0.25, -0.2) is 9.78 Å². The van der Waals surface area contributed by atoms with E-state index < -0.39 is 5.97 Å². The quantitative estimate of drug-likeness (QED) is 0.746. The van der Waals surface area contributed by atoms with Crippen molar-refractivity contribution < 1.29 is 14.6 Å². The minimum absolute atomic E-state index is 0.0333. The largest absolute Gasteiger partial charge is 0.478 e. The SMILES string of the molecule is O=C(O)c1cncc(Oc2nccn3cnnc23)c1. The molecule has 0 radical (unpaired) electrons. The van der Waals surface area contributed by atoms with Gasteiger partial charge in [-0.05, 0) is 6.07 Å². The van der Waals surface area contributed by atoms with Crippen molar-refractivity contribution in [3.05, 3.63) is 42.7 Å². The number of rotatable bonds is 3. The van der Waals surface area contributed by atoms with Gasteiger partial charge >= 0.3 is 5.97 Å².